The number of aryl methyl sites for hydroxylation is 1. The molecule has 0 aliphatic heterocycles. The Hall–Kier alpha value is -2.41. The summed E-state index contributed by atoms with van der Waals surface area (Å²) >= 11 is 0. The molecule has 2 rings (SSSR count). The summed E-state index contributed by atoms with van der Waals surface area (Å²) in [6.45, 7) is 4.00. The molecule has 0 aliphatic rings. The van der Waals surface area contributed by atoms with E-state index in [1.165, 1.54) is 0 Å². The number of aromatic nitrogens is 2. The third-order valence-corrected chi connectivity index (χ3v) is 2.69. The summed E-state index contributed by atoms with van der Waals surface area (Å²) in [4.78, 5) is 8.64. The van der Waals surface area contributed by atoms with Gasteiger partial charge in [-0.15, -0.1) is 0 Å². The summed E-state index contributed by atoms with van der Waals surface area (Å²) in [5.41, 5.74) is 1.88. The zero-order valence-electron chi connectivity index (χ0n) is 11.7. The van der Waals surface area contributed by atoms with Crippen LogP contribution in [0.5, 0.6) is 5.75 Å². The largest absolute Gasteiger partial charge is 0.491 e. The summed E-state index contributed by atoms with van der Waals surface area (Å²) in [5, 5.41) is 8.60. The van der Waals surface area contributed by atoms with E-state index < -0.39 is 0 Å². The van der Waals surface area contributed by atoms with Crippen LogP contribution >= 0.6 is 0 Å². The van der Waals surface area contributed by atoms with Crippen LogP contribution in [-0.2, 0) is 6.42 Å². The van der Waals surface area contributed by atoms with Crippen molar-refractivity contribution in [2.45, 2.75) is 32.8 Å². The Labute approximate surface area is 119 Å². The number of rotatable bonds is 5. The van der Waals surface area contributed by atoms with Crippen LogP contribution in [0.2, 0.25) is 0 Å². The first-order valence-electron chi connectivity index (χ1n) is 6.65. The van der Waals surface area contributed by atoms with E-state index in [2.05, 4.69) is 16.0 Å². The van der Waals surface area contributed by atoms with E-state index in [0.717, 1.165) is 17.0 Å². The van der Waals surface area contributed by atoms with Crippen molar-refractivity contribution in [3.63, 3.8) is 0 Å². The van der Waals surface area contributed by atoms with Crippen molar-refractivity contribution in [2.24, 2.45) is 0 Å². The highest BCUT2D eigenvalue weighted by molar-refractivity contribution is 5.59. The van der Waals surface area contributed by atoms with Crippen molar-refractivity contribution < 1.29 is 4.74 Å². The second kappa shape index (κ2) is 6.67. The van der Waals surface area contributed by atoms with Gasteiger partial charge in [0.1, 0.15) is 11.6 Å². The minimum absolute atomic E-state index is 0.164. The quantitative estimate of drug-likeness (QED) is 0.833. The second-order valence-corrected chi connectivity index (χ2v) is 4.71. The third-order valence-electron chi connectivity index (χ3n) is 2.69. The molecule has 0 unspecified atom stereocenters. The molecule has 0 aliphatic carbocycles. The van der Waals surface area contributed by atoms with Crippen molar-refractivity contribution >= 4 is 0 Å². The molecule has 0 spiro atoms. The standard InChI is InChI=1S/C16H17N3O/c1-12(2)20-14-7-5-13(6-8-14)15-9-11-18-16(19-15)4-3-10-17/h5-9,11-12H,3-4H2,1-2H3. The van der Waals surface area contributed by atoms with E-state index in [4.69, 9.17) is 10.00 Å². The lowest BCUT2D eigenvalue weighted by atomic mass is 10.1. The van der Waals surface area contributed by atoms with Crippen LogP contribution in [0.1, 0.15) is 26.1 Å². The number of nitrogens with zero attached hydrogens (tertiary/aromatic N) is 3. The van der Waals surface area contributed by atoms with Gasteiger partial charge in [-0.1, -0.05) is 0 Å². The molecular weight excluding hydrogens is 250 g/mol. The predicted octanol–water partition coefficient (Wildman–Crippen LogP) is 3.39. The average Bonchev–Trinajstić information content (AvgIpc) is 2.45. The lowest BCUT2D eigenvalue weighted by molar-refractivity contribution is 0.242. The number of nitriles is 1. The first-order valence-corrected chi connectivity index (χ1v) is 6.65. The average molecular weight is 267 g/mol. The zero-order valence-corrected chi connectivity index (χ0v) is 11.7. The number of hydrogen-bond acceptors (Lipinski definition) is 4. The molecule has 1 heterocycles. The monoisotopic (exact) mass is 267 g/mol. The fourth-order valence-corrected chi connectivity index (χ4v) is 1.82. The first-order chi connectivity index (χ1) is 9.69. The summed E-state index contributed by atoms with van der Waals surface area (Å²) in [5.74, 6) is 1.55. The SMILES string of the molecule is CC(C)Oc1ccc(-c2ccnc(CCC#N)n2)cc1. The maximum atomic E-state index is 8.60. The van der Waals surface area contributed by atoms with Gasteiger partial charge in [0.25, 0.3) is 0 Å². The molecule has 0 bridgehead atoms. The molecule has 4 heteroatoms. The minimum Gasteiger partial charge on any atom is -0.491 e. The van der Waals surface area contributed by atoms with Crippen LogP contribution in [-0.4, -0.2) is 16.1 Å². The predicted molar refractivity (Wildman–Crippen MR) is 77.2 cm³/mol. The molecular formula is C16H17N3O. The Bertz CT molecular complexity index is 600. The molecule has 102 valence electrons. The maximum absolute atomic E-state index is 8.60. The topological polar surface area (TPSA) is 58.8 Å². The highest BCUT2D eigenvalue weighted by Gasteiger charge is 2.03. The number of ether oxygens (including phenoxy) is 1. The van der Waals surface area contributed by atoms with Gasteiger partial charge < -0.3 is 4.74 Å². The molecule has 2 aromatic rings. The van der Waals surface area contributed by atoms with E-state index in [1.54, 1.807) is 6.20 Å². The molecule has 1 aromatic heterocycles. The van der Waals surface area contributed by atoms with E-state index >= 15 is 0 Å². The number of benzene rings is 1. The van der Waals surface area contributed by atoms with Crippen LogP contribution in [0.3, 0.4) is 0 Å². The zero-order chi connectivity index (χ0) is 14.4. The highest BCUT2D eigenvalue weighted by Crippen LogP contribution is 2.21. The Morgan fingerprint density at radius 3 is 2.60 bits per heavy atom. The van der Waals surface area contributed by atoms with E-state index in [0.29, 0.717) is 18.7 Å². The minimum atomic E-state index is 0.164. The van der Waals surface area contributed by atoms with Crippen LogP contribution in [0.4, 0.5) is 0 Å². The van der Waals surface area contributed by atoms with Crippen LogP contribution in [0.15, 0.2) is 36.5 Å². The second-order valence-electron chi connectivity index (χ2n) is 4.71. The number of hydrogen-bond donors (Lipinski definition) is 0. The van der Waals surface area contributed by atoms with Crippen LogP contribution in [0.25, 0.3) is 11.3 Å². The van der Waals surface area contributed by atoms with Crippen molar-refractivity contribution in [3.8, 4) is 23.1 Å². The van der Waals surface area contributed by atoms with Crippen molar-refractivity contribution in [2.75, 3.05) is 0 Å². The van der Waals surface area contributed by atoms with Gasteiger partial charge in [-0.3, -0.25) is 0 Å². The van der Waals surface area contributed by atoms with Crippen molar-refractivity contribution in [3.05, 3.63) is 42.4 Å². The highest BCUT2D eigenvalue weighted by atomic mass is 16.5. The molecule has 0 saturated heterocycles. The van der Waals surface area contributed by atoms with Gasteiger partial charge in [-0.2, -0.15) is 5.26 Å². The van der Waals surface area contributed by atoms with Crippen LogP contribution in [0, 0.1) is 11.3 Å². The van der Waals surface area contributed by atoms with E-state index in [9.17, 15) is 0 Å². The normalized spacial score (nSPS) is 10.3. The lowest BCUT2D eigenvalue weighted by Crippen LogP contribution is -2.05. The fraction of sp³-hybridized carbons (Fsp3) is 0.312. The Morgan fingerprint density at radius 1 is 1.20 bits per heavy atom. The molecule has 0 fully saturated rings. The smallest absolute Gasteiger partial charge is 0.129 e. The molecule has 4 nitrogen and oxygen atoms in total. The Balaban J connectivity index is 2.17. The summed E-state index contributed by atoms with van der Waals surface area (Å²) in [6, 6.07) is 11.8. The van der Waals surface area contributed by atoms with Gasteiger partial charge in [0.05, 0.1) is 17.9 Å². The Kier molecular flexibility index (Phi) is 4.67. The molecule has 20 heavy (non-hydrogen) atoms. The molecule has 1 aromatic carbocycles. The van der Waals surface area contributed by atoms with Crippen molar-refractivity contribution in [1.29, 1.82) is 5.26 Å². The van der Waals surface area contributed by atoms with Gasteiger partial charge in [-0.25, -0.2) is 9.97 Å². The molecule has 0 saturated carbocycles. The molecule has 0 amide bonds. The van der Waals surface area contributed by atoms with Gasteiger partial charge >= 0.3 is 0 Å². The molecule has 0 atom stereocenters. The lowest BCUT2D eigenvalue weighted by Gasteiger charge is -2.10. The van der Waals surface area contributed by atoms with Crippen LogP contribution < -0.4 is 4.74 Å². The summed E-state index contributed by atoms with van der Waals surface area (Å²) in [7, 11) is 0. The molecule has 0 N–H and O–H groups in total. The Morgan fingerprint density at radius 2 is 1.95 bits per heavy atom. The van der Waals surface area contributed by atoms with Gasteiger partial charge in [0.15, 0.2) is 0 Å². The third kappa shape index (κ3) is 3.79. The van der Waals surface area contributed by atoms with E-state index in [1.807, 2.05) is 44.2 Å². The fourth-order valence-electron chi connectivity index (χ4n) is 1.82. The summed E-state index contributed by atoms with van der Waals surface area (Å²) < 4.78 is 5.61. The van der Waals surface area contributed by atoms with Gasteiger partial charge in [0.2, 0.25) is 0 Å². The van der Waals surface area contributed by atoms with Crippen molar-refractivity contribution in [1.82, 2.24) is 9.97 Å². The maximum Gasteiger partial charge on any atom is 0.129 e. The first kappa shape index (κ1) is 14.0. The van der Waals surface area contributed by atoms with E-state index in [-0.39, 0.29) is 6.10 Å². The summed E-state index contributed by atoms with van der Waals surface area (Å²) in [6.07, 6.45) is 2.91. The van der Waals surface area contributed by atoms with Gasteiger partial charge in [0, 0.05) is 24.6 Å². The molecule has 0 radical (unpaired) electrons. The van der Waals surface area contributed by atoms with Gasteiger partial charge in [-0.05, 0) is 44.2 Å².